The highest BCUT2D eigenvalue weighted by atomic mass is 16.2. The van der Waals surface area contributed by atoms with Crippen LogP contribution in [0.15, 0.2) is 42.5 Å². The lowest BCUT2D eigenvalue weighted by molar-refractivity contribution is -0.124. The summed E-state index contributed by atoms with van der Waals surface area (Å²) < 4.78 is 2.14. The highest BCUT2D eigenvalue weighted by Crippen LogP contribution is 2.30. The molecule has 0 bridgehead atoms. The number of nitrogens with zero attached hydrogens (tertiary/aromatic N) is 4. The maximum absolute atomic E-state index is 13.2. The number of amides is 2. The Labute approximate surface area is 188 Å². The van der Waals surface area contributed by atoms with Crippen molar-refractivity contribution < 1.29 is 9.59 Å². The molecule has 7 nitrogen and oxygen atoms in total. The van der Waals surface area contributed by atoms with Gasteiger partial charge in [-0.05, 0) is 75.2 Å². The summed E-state index contributed by atoms with van der Waals surface area (Å²) in [5.74, 6) is 0.915. The van der Waals surface area contributed by atoms with Gasteiger partial charge in [0, 0.05) is 24.7 Å². The average Bonchev–Trinajstić information content (AvgIpc) is 3.32. The number of piperidine rings is 1. The molecule has 3 aromatic rings. The Morgan fingerprint density at radius 2 is 1.72 bits per heavy atom. The fourth-order valence-electron chi connectivity index (χ4n) is 5.01. The fourth-order valence-corrected chi connectivity index (χ4v) is 5.01. The van der Waals surface area contributed by atoms with Gasteiger partial charge in [-0.15, -0.1) is 0 Å². The van der Waals surface area contributed by atoms with Crippen molar-refractivity contribution in [3.8, 4) is 0 Å². The SMILES string of the molecule is Cc1cc(C)cc(NC(=O)CN2CCC(C(=O)N3CCn4c3nc3ccccc34)CC2)c1. The highest BCUT2D eigenvalue weighted by molar-refractivity contribution is 5.96. The van der Waals surface area contributed by atoms with Gasteiger partial charge in [0.15, 0.2) is 0 Å². The summed E-state index contributed by atoms with van der Waals surface area (Å²) >= 11 is 0. The normalized spacial score (nSPS) is 17.0. The number of aromatic nitrogens is 2. The van der Waals surface area contributed by atoms with Crippen LogP contribution in [0.5, 0.6) is 0 Å². The van der Waals surface area contributed by atoms with Crippen LogP contribution in [0.25, 0.3) is 11.0 Å². The third kappa shape index (κ3) is 4.00. The predicted molar refractivity (Wildman–Crippen MR) is 126 cm³/mol. The van der Waals surface area contributed by atoms with Crippen LogP contribution in [0.3, 0.4) is 0 Å². The minimum Gasteiger partial charge on any atom is -0.325 e. The van der Waals surface area contributed by atoms with Crippen molar-refractivity contribution in [2.75, 3.05) is 36.4 Å². The number of likely N-dealkylation sites (tertiary alicyclic amines) is 1. The van der Waals surface area contributed by atoms with E-state index in [4.69, 9.17) is 4.98 Å². The summed E-state index contributed by atoms with van der Waals surface area (Å²) in [7, 11) is 0. The molecule has 0 aliphatic carbocycles. The first kappa shape index (κ1) is 20.7. The summed E-state index contributed by atoms with van der Waals surface area (Å²) in [6.45, 7) is 7.39. The quantitative estimate of drug-likeness (QED) is 0.688. The monoisotopic (exact) mass is 431 g/mol. The van der Waals surface area contributed by atoms with E-state index in [9.17, 15) is 9.59 Å². The van der Waals surface area contributed by atoms with E-state index in [0.29, 0.717) is 13.1 Å². The number of carbonyl (C=O) groups excluding carboxylic acids is 2. The highest BCUT2D eigenvalue weighted by Gasteiger charge is 2.34. The molecule has 3 heterocycles. The Hall–Kier alpha value is -3.19. The zero-order valence-electron chi connectivity index (χ0n) is 18.7. The zero-order chi connectivity index (χ0) is 22.2. The third-order valence-electron chi connectivity index (χ3n) is 6.50. The molecule has 0 spiro atoms. The number of anilines is 2. The molecule has 0 saturated carbocycles. The minimum absolute atomic E-state index is 0.00645. The first-order valence-electron chi connectivity index (χ1n) is 11.3. The average molecular weight is 432 g/mol. The second kappa shape index (κ2) is 8.39. The molecule has 1 N–H and O–H groups in total. The Morgan fingerprint density at radius 1 is 1.00 bits per heavy atom. The molecular weight excluding hydrogens is 402 g/mol. The van der Waals surface area contributed by atoms with Crippen LogP contribution in [-0.4, -0.2) is 52.4 Å². The van der Waals surface area contributed by atoms with Crippen LogP contribution in [0, 0.1) is 19.8 Å². The van der Waals surface area contributed by atoms with Crippen molar-refractivity contribution in [1.29, 1.82) is 0 Å². The van der Waals surface area contributed by atoms with Crippen molar-refractivity contribution >= 4 is 34.5 Å². The molecule has 2 aliphatic heterocycles. The number of para-hydroxylation sites is 2. The number of imidazole rings is 1. The Kier molecular flexibility index (Phi) is 5.43. The van der Waals surface area contributed by atoms with Gasteiger partial charge in [-0.3, -0.25) is 19.4 Å². The molecule has 2 amide bonds. The van der Waals surface area contributed by atoms with E-state index in [2.05, 4.69) is 26.9 Å². The molecule has 2 aliphatic rings. The molecule has 2 aromatic carbocycles. The zero-order valence-corrected chi connectivity index (χ0v) is 18.7. The summed E-state index contributed by atoms with van der Waals surface area (Å²) in [5, 5.41) is 3.01. The molecule has 0 radical (unpaired) electrons. The van der Waals surface area contributed by atoms with E-state index < -0.39 is 0 Å². The van der Waals surface area contributed by atoms with Gasteiger partial charge in [0.05, 0.1) is 17.6 Å². The van der Waals surface area contributed by atoms with Crippen LogP contribution in [0.4, 0.5) is 11.6 Å². The van der Waals surface area contributed by atoms with E-state index in [0.717, 1.165) is 66.3 Å². The van der Waals surface area contributed by atoms with Gasteiger partial charge in [0.25, 0.3) is 0 Å². The number of rotatable bonds is 4. The third-order valence-corrected chi connectivity index (χ3v) is 6.50. The lowest BCUT2D eigenvalue weighted by Crippen LogP contribution is -2.44. The Morgan fingerprint density at radius 3 is 2.47 bits per heavy atom. The molecule has 7 heteroatoms. The molecule has 1 aromatic heterocycles. The van der Waals surface area contributed by atoms with Crippen LogP contribution < -0.4 is 10.2 Å². The molecule has 5 rings (SSSR count). The molecule has 166 valence electrons. The first-order chi connectivity index (χ1) is 15.5. The van der Waals surface area contributed by atoms with E-state index in [1.54, 1.807) is 0 Å². The number of hydrogen-bond acceptors (Lipinski definition) is 4. The second-order valence-corrected chi connectivity index (χ2v) is 9.02. The van der Waals surface area contributed by atoms with Gasteiger partial charge in [0.1, 0.15) is 0 Å². The standard InChI is InChI=1S/C25H29N5O2/c1-17-13-18(2)15-20(14-17)26-23(31)16-28-9-7-19(8-10-28)24(32)30-12-11-29-22-6-4-3-5-21(22)27-25(29)30/h3-6,13-15,19H,7-12,16H2,1-2H3,(H,26,31). The van der Waals surface area contributed by atoms with Gasteiger partial charge < -0.3 is 9.88 Å². The maximum atomic E-state index is 13.2. The lowest BCUT2D eigenvalue weighted by atomic mass is 9.95. The van der Waals surface area contributed by atoms with E-state index in [-0.39, 0.29) is 17.7 Å². The van der Waals surface area contributed by atoms with Crippen molar-refractivity contribution in [1.82, 2.24) is 14.5 Å². The van der Waals surface area contributed by atoms with Crippen LogP contribution in [0.2, 0.25) is 0 Å². The van der Waals surface area contributed by atoms with Crippen LogP contribution >= 0.6 is 0 Å². The Balaban J connectivity index is 1.17. The first-order valence-corrected chi connectivity index (χ1v) is 11.3. The summed E-state index contributed by atoms with van der Waals surface area (Å²) in [5.41, 5.74) is 5.13. The number of benzene rings is 2. The van der Waals surface area contributed by atoms with Crippen molar-refractivity contribution in [2.24, 2.45) is 5.92 Å². The van der Waals surface area contributed by atoms with Gasteiger partial charge in [0.2, 0.25) is 17.8 Å². The molecule has 1 saturated heterocycles. The molecule has 0 atom stereocenters. The van der Waals surface area contributed by atoms with E-state index >= 15 is 0 Å². The fraction of sp³-hybridized carbons (Fsp3) is 0.400. The number of hydrogen-bond donors (Lipinski definition) is 1. The number of carbonyl (C=O) groups is 2. The maximum Gasteiger partial charge on any atom is 0.238 e. The summed E-state index contributed by atoms with van der Waals surface area (Å²) in [6.07, 6.45) is 1.54. The van der Waals surface area contributed by atoms with Crippen molar-refractivity contribution in [3.63, 3.8) is 0 Å². The largest absolute Gasteiger partial charge is 0.325 e. The van der Waals surface area contributed by atoms with Crippen LogP contribution in [0.1, 0.15) is 24.0 Å². The van der Waals surface area contributed by atoms with Crippen molar-refractivity contribution in [2.45, 2.75) is 33.2 Å². The van der Waals surface area contributed by atoms with E-state index in [1.807, 2.05) is 49.1 Å². The van der Waals surface area contributed by atoms with Gasteiger partial charge in [-0.1, -0.05) is 18.2 Å². The van der Waals surface area contributed by atoms with Gasteiger partial charge in [-0.2, -0.15) is 0 Å². The van der Waals surface area contributed by atoms with Crippen LogP contribution in [-0.2, 0) is 16.1 Å². The second-order valence-electron chi connectivity index (χ2n) is 9.02. The lowest BCUT2D eigenvalue weighted by Gasteiger charge is -2.32. The molecule has 0 unspecified atom stereocenters. The summed E-state index contributed by atoms with van der Waals surface area (Å²) in [6, 6.07) is 14.1. The predicted octanol–water partition coefficient (Wildman–Crippen LogP) is 3.35. The number of aryl methyl sites for hydroxylation is 2. The number of fused-ring (bicyclic) bond motifs is 3. The molecule has 1 fully saturated rings. The Bertz CT molecular complexity index is 1160. The van der Waals surface area contributed by atoms with E-state index in [1.165, 1.54) is 0 Å². The van der Waals surface area contributed by atoms with Crippen molar-refractivity contribution in [3.05, 3.63) is 53.6 Å². The molecule has 32 heavy (non-hydrogen) atoms. The van der Waals surface area contributed by atoms with Gasteiger partial charge in [-0.25, -0.2) is 4.98 Å². The minimum atomic E-state index is -0.0138. The summed E-state index contributed by atoms with van der Waals surface area (Å²) in [4.78, 5) is 34.5. The van der Waals surface area contributed by atoms with Gasteiger partial charge >= 0.3 is 0 Å². The molecular formula is C25H29N5O2. The smallest absolute Gasteiger partial charge is 0.238 e. The topological polar surface area (TPSA) is 70.5 Å². The number of nitrogens with one attached hydrogen (secondary N) is 1.